The van der Waals surface area contributed by atoms with Crippen molar-refractivity contribution in [3.63, 3.8) is 0 Å². The summed E-state index contributed by atoms with van der Waals surface area (Å²) >= 11 is 1.27. The first-order chi connectivity index (χ1) is 9.54. The minimum Gasteiger partial charge on any atom is -0.385 e. The lowest BCUT2D eigenvalue weighted by molar-refractivity contribution is -0.126. The molecule has 0 radical (unpaired) electrons. The first-order valence-corrected chi connectivity index (χ1v) is 7.10. The summed E-state index contributed by atoms with van der Waals surface area (Å²) in [5.74, 6) is 0.338. The van der Waals surface area contributed by atoms with Gasteiger partial charge in [0.15, 0.2) is 5.16 Å². The van der Waals surface area contributed by atoms with Crippen molar-refractivity contribution in [2.24, 2.45) is 0 Å². The number of hydrazine groups is 1. The van der Waals surface area contributed by atoms with Gasteiger partial charge in [0.1, 0.15) is 5.82 Å². The Hall–Kier alpha value is -1.61. The number of thioether (sulfide) groups is 1. The smallest absolute Gasteiger partial charge is 0.248 e. The fraction of sp³-hybridized carbons (Fsp3) is 0.636. The third-order valence-electron chi connectivity index (χ3n) is 2.34. The number of amides is 2. The maximum absolute atomic E-state index is 11.5. The topological polar surface area (TPSA) is 98.1 Å². The minimum absolute atomic E-state index is 0.155. The van der Waals surface area contributed by atoms with Crippen LogP contribution < -0.4 is 10.9 Å². The van der Waals surface area contributed by atoms with Crippen LogP contribution in [0.25, 0.3) is 0 Å². The second kappa shape index (κ2) is 8.54. The van der Waals surface area contributed by atoms with Crippen LogP contribution in [0.4, 0.5) is 0 Å². The molecule has 1 rings (SSSR count). The van der Waals surface area contributed by atoms with Gasteiger partial charge in [0.2, 0.25) is 11.8 Å². The summed E-state index contributed by atoms with van der Waals surface area (Å²) < 4.78 is 6.95. The molecule has 112 valence electrons. The molecule has 0 fully saturated rings. The number of rotatable bonds is 7. The van der Waals surface area contributed by atoms with E-state index in [1.54, 1.807) is 7.11 Å². The summed E-state index contributed by atoms with van der Waals surface area (Å²) in [4.78, 5) is 22.1. The Balaban J connectivity index is 2.46. The van der Waals surface area contributed by atoms with E-state index in [2.05, 4.69) is 21.0 Å². The number of carbonyl (C=O) groups excluding carboxylic acids is 2. The first-order valence-electron chi connectivity index (χ1n) is 6.11. The third kappa shape index (κ3) is 5.57. The van der Waals surface area contributed by atoms with Crippen LogP contribution in [0.5, 0.6) is 0 Å². The van der Waals surface area contributed by atoms with E-state index in [0.29, 0.717) is 11.8 Å². The van der Waals surface area contributed by atoms with E-state index < -0.39 is 0 Å². The SMILES string of the molecule is COCCCn1c(C)nnc1SCC(=O)NNC(C)=O. The predicted molar refractivity (Wildman–Crippen MR) is 73.9 cm³/mol. The van der Waals surface area contributed by atoms with Crippen LogP contribution in [0.15, 0.2) is 5.16 Å². The Kier molecular flexibility index (Phi) is 7.02. The summed E-state index contributed by atoms with van der Waals surface area (Å²) in [6.45, 7) is 4.58. The second-order valence-corrected chi connectivity index (χ2v) is 4.99. The molecule has 9 heteroatoms. The molecule has 0 unspecified atom stereocenters. The van der Waals surface area contributed by atoms with Crippen molar-refractivity contribution in [3.05, 3.63) is 5.82 Å². The van der Waals surface area contributed by atoms with Gasteiger partial charge in [-0.05, 0) is 13.3 Å². The van der Waals surface area contributed by atoms with Gasteiger partial charge >= 0.3 is 0 Å². The molecule has 0 saturated carbocycles. The first kappa shape index (κ1) is 16.4. The third-order valence-corrected chi connectivity index (χ3v) is 3.31. The number of methoxy groups -OCH3 is 1. The molecular weight excluding hydrogens is 282 g/mol. The monoisotopic (exact) mass is 301 g/mol. The van der Waals surface area contributed by atoms with Gasteiger partial charge in [-0.2, -0.15) is 0 Å². The summed E-state index contributed by atoms with van der Waals surface area (Å²) in [5.41, 5.74) is 4.53. The maximum Gasteiger partial charge on any atom is 0.248 e. The van der Waals surface area contributed by atoms with Gasteiger partial charge in [-0.3, -0.25) is 20.4 Å². The number of hydrogen-bond acceptors (Lipinski definition) is 6. The van der Waals surface area contributed by atoms with Crippen LogP contribution in [-0.4, -0.2) is 46.0 Å². The van der Waals surface area contributed by atoms with Gasteiger partial charge in [0.05, 0.1) is 5.75 Å². The number of aromatic nitrogens is 3. The Morgan fingerprint density at radius 3 is 2.75 bits per heavy atom. The quantitative estimate of drug-likeness (QED) is 0.414. The summed E-state index contributed by atoms with van der Waals surface area (Å²) in [6.07, 6.45) is 0.848. The zero-order chi connectivity index (χ0) is 15.0. The second-order valence-electron chi connectivity index (χ2n) is 4.05. The van der Waals surface area contributed by atoms with Crippen molar-refractivity contribution in [2.45, 2.75) is 32.0 Å². The lowest BCUT2D eigenvalue weighted by atomic mass is 10.4. The Morgan fingerprint density at radius 2 is 2.10 bits per heavy atom. The van der Waals surface area contributed by atoms with Crippen LogP contribution in [0.2, 0.25) is 0 Å². The highest BCUT2D eigenvalue weighted by atomic mass is 32.2. The molecule has 1 aromatic heterocycles. The van der Waals surface area contributed by atoms with Gasteiger partial charge in [0.25, 0.3) is 0 Å². The number of nitrogens with zero attached hydrogens (tertiary/aromatic N) is 3. The van der Waals surface area contributed by atoms with Crippen LogP contribution in [-0.2, 0) is 20.9 Å². The average molecular weight is 301 g/mol. The highest BCUT2D eigenvalue weighted by molar-refractivity contribution is 7.99. The number of nitrogens with one attached hydrogen (secondary N) is 2. The fourth-order valence-corrected chi connectivity index (χ4v) is 2.23. The van der Waals surface area contributed by atoms with Gasteiger partial charge in [0, 0.05) is 27.2 Å². The van der Waals surface area contributed by atoms with Crippen molar-refractivity contribution in [1.29, 1.82) is 0 Å². The lowest BCUT2D eigenvalue weighted by Crippen LogP contribution is -2.41. The highest BCUT2D eigenvalue weighted by Crippen LogP contribution is 2.16. The van der Waals surface area contributed by atoms with Crippen LogP contribution in [0.3, 0.4) is 0 Å². The van der Waals surface area contributed by atoms with Gasteiger partial charge in [-0.15, -0.1) is 10.2 Å². The largest absolute Gasteiger partial charge is 0.385 e. The molecule has 0 saturated heterocycles. The summed E-state index contributed by atoms with van der Waals surface area (Å²) in [6, 6.07) is 0. The van der Waals surface area contributed by atoms with Crippen LogP contribution in [0.1, 0.15) is 19.2 Å². The van der Waals surface area contributed by atoms with E-state index >= 15 is 0 Å². The average Bonchev–Trinajstić information content (AvgIpc) is 2.75. The molecule has 0 aliphatic rings. The molecule has 8 nitrogen and oxygen atoms in total. The zero-order valence-electron chi connectivity index (χ0n) is 11.8. The molecule has 1 heterocycles. The number of ether oxygens (including phenoxy) is 1. The van der Waals surface area contributed by atoms with E-state index in [-0.39, 0.29) is 17.6 Å². The van der Waals surface area contributed by atoms with Crippen molar-refractivity contribution in [3.8, 4) is 0 Å². The Labute approximate surface area is 121 Å². The minimum atomic E-state index is -0.318. The van der Waals surface area contributed by atoms with E-state index in [9.17, 15) is 9.59 Å². The molecule has 2 amide bonds. The molecule has 0 bridgehead atoms. The molecule has 20 heavy (non-hydrogen) atoms. The van der Waals surface area contributed by atoms with Crippen molar-refractivity contribution >= 4 is 23.6 Å². The molecule has 2 N–H and O–H groups in total. The lowest BCUT2D eigenvalue weighted by Gasteiger charge is -2.08. The molecule has 0 aliphatic heterocycles. The summed E-state index contributed by atoms with van der Waals surface area (Å²) in [7, 11) is 1.65. The number of aryl methyl sites for hydroxylation is 1. The maximum atomic E-state index is 11.5. The Morgan fingerprint density at radius 1 is 1.35 bits per heavy atom. The zero-order valence-corrected chi connectivity index (χ0v) is 12.6. The molecule has 0 aromatic carbocycles. The van der Waals surface area contributed by atoms with E-state index in [1.165, 1.54) is 18.7 Å². The fourth-order valence-electron chi connectivity index (χ4n) is 1.42. The summed E-state index contributed by atoms with van der Waals surface area (Å²) in [5, 5.41) is 8.70. The molecule has 0 aliphatic carbocycles. The van der Waals surface area contributed by atoms with E-state index in [0.717, 1.165) is 18.8 Å². The van der Waals surface area contributed by atoms with Gasteiger partial charge in [-0.25, -0.2) is 0 Å². The van der Waals surface area contributed by atoms with E-state index in [4.69, 9.17) is 4.74 Å². The normalized spacial score (nSPS) is 10.3. The number of carbonyl (C=O) groups is 2. The molecule has 1 aromatic rings. The van der Waals surface area contributed by atoms with Crippen molar-refractivity contribution in [1.82, 2.24) is 25.6 Å². The van der Waals surface area contributed by atoms with Crippen molar-refractivity contribution in [2.75, 3.05) is 19.5 Å². The van der Waals surface area contributed by atoms with Gasteiger partial charge in [-0.1, -0.05) is 11.8 Å². The standard InChI is InChI=1S/C11H19N5O3S/c1-8-12-15-11(16(8)5-4-6-19-3)20-7-10(18)14-13-9(2)17/h4-7H2,1-3H3,(H,13,17)(H,14,18). The number of hydrogen-bond donors (Lipinski definition) is 2. The Bertz CT molecular complexity index is 463. The molecule has 0 atom stereocenters. The highest BCUT2D eigenvalue weighted by Gasteiger charge is 2.11. The van der Waals surface area contributed by atoms with Gasteiger partial charge < -0.3 is 9.30 Å². The molecule has 0 spiro atoms. The van der Waals surface area contributed by atoms with Crippen molar-refractivity contribution < 1.29 is 14.3 Å². The predicted octanol–water partition coefficient (Wildman–Crippen LogP) is -0.118. The molecular formula is C11H19N5O3S. The van der Waals surface area contributed by atoms with Crippen LogP contribution >= 0.6 is 11.8 Å². The van der Waals surface area contributed by atoms with Crippen LogP contribution in [0, 0.1) is 6.92 Å². The van der Waals surface area contributed by atoms with E-state index in [1.807, 2.05) is 11.5 Å².